The summed E-state index contributed by atoms with van der Waals surface area (Å²) < 4.78 is 10.9. The van der Waals surface area contributed by atoms with Crippen LogP contribution < -0.4 is 0 Å². The Balaban J connectivity index is 1.74. The van der Waals surface area contributed by atoms with E-state index in [2.05, 4.69) is 0 Å². The second-order valence-electron chi connectivity index (χ2n) is 5.09. The zero-order chi connectivity index (χ0) is 11.4. The minimum Gasteiger partial charge on any atom is -0.466 e. The van der Waals surface area contributed by atoms with Crippen LogP contribution in [0.2, 0.25) is 0 Å². The molecule has 2 aliphatic rings. The lowest BCUT2D eigenvalue weighted by Gasteiger charge is -2.36. The van der Waals surface area contributed by atoms with Crippen molar-refractivity contribution in [3.05, 3.63) is 0 Å². The molecule has 92 valence electrons. The molecule has 0 radical (unpaired) electrons. The van der Waals surface area contributed by atoms with Gasteiger partial charge in [-0.25, -0.2) is 0 Å². The molecule has 0 unspecified atom stereocenters. The first kappa shape index (κ1) is 11.9. The maximum absolute atomic E-state index is 11.4. The third kappa shape index (κ3) is 2.76. The summed E-state index contributed by atoms with van der Waals surface area (Å²) in [7, 11) is 0. The Morgan fingerprint density at radius 3 is 2.69 bits per heavy atom. The van der Waals surface area contributed by atoms with Crippen molar-refractivity contribution in [1.29, 1.82) is 0 Å². The molecule has 0 N–H and O–H groups in total. The van der Waals surface area contributed by atoms with Crippen molar-refractivity contribution in [3.8, 4) is 0 Å². The average Bonchev–Trinajstić information content (AvgIpc) is 2.71. The molecule has 1 spiro atoms. The van der Waals surface area contributed by atoms with Crippen LogP contribution in [-0.4, -0.2) is 24.8 Å². The first-order valence-corrected chi connectivity index (χ1v) is 6.54. The number of carbonyl (C=O) groups excluding carboxylic acids is 1. The summed E-state index contributed by atoms with van der Waals surface area (Å²) >= 11 is 0. The van der Waals surface area contributed by atoms with Gasteiger partial charge in [-0.15, -0.1) is 0 Å². The van der Waals surface area contributed by atoms with Crippen LogP contribution in [0.3, 0.4) is 0 Å². The first-order valence-electron chi connectivity index (χ1n) is 6.54. The summed E-state index contributed by atoms with van der Waals surface area (Å²) in [5, 5.41) is 0. The van der Waals surface area contributed by atoms with E-state index in [9.17, 15) is 4.79 Å². The summed E-state index contributed by atoms with van der Waals surface area (Å²) in [6, 6.07) is 0. The Morgan fingerprint density at radius 1 is 1.38 bits per heavy atom. The van der Waals surface area contributed by atoms with Crippen molar-refractivity contribution in [1.82, 2.24) is 0 Å². The van der Waals surface area contributed by atoms with Crippen LogP contribution in [0, 0.1) is 5.92 Å². The van der Waals surface area contributed by atoms with Crippen molar-refractivity contribution in [2.45, 2.75) is 57.5 Å². The van der Waals surface area contributed by atoms with E-state index in [-0.39, 0.29) is 11.6 Å². The number of esters is 1. The highest BCUT2D eigenvalue weighted by Crippen LogP contribution is 2.42. The van der Waals surface area contributed by atoms with Gasteiger partial charge in [-0.1, -0.05) is 0 Å². The summed E-state index contributed by atoms with van der Waals surface area (Å²) in [4.78, 5) is 11.4. The third-order valence-electron chi connectivity index (χ3n) is 3.96. The van der Waals surface area contributed by atoms with Gasteiger partial charge >= 0.3 is 5.97 Å². The largest absolute Gasteiger partial charge is 0.466 e. The van der Waals surface area contributed by atoms with Gasteiger partial charge in [-0.3, -0.25) is 4.79 Å². The second-order valence-corrected chi connectivity index (χ2v) is 5.09. The van der Waals surface area contributed by atoms with Crippen LogP contribution in [0.25, 0.3) is 0 Å². The highest BCUT2D eigenvalue weighted by molar-refractivity contribution is 5.69. The van der Waals surface area contributed by atoms with Crippen LogP contribution in [0.4, 0.5) is 0 Å². The van der Waals surface area contributed by atoms with Gasteiger partial charge < -0.3 is 9.47 Å². The van der Waals surface area contributed by atoms with Gasteiger partial charge in [0, 0.05) is 13.0 Å². The third-order valence-corrected chi connectivity index (χ3v) is 3.96. The maximum atomic E-state index is 11.4. The summed E-state index contributed by atoms with van der Waals surface area (Å²) in [5.74, 6) is 0.490. The Bertz CT molecular complexity index is 234. The van der Waals surface area contributed by atoms with Crippen molar-refractivity contribution in [2.75, 3.05) is 13.2 Å². The maximum Gasteiger partial charge on any atom is 0.306 e. The SMILES string of the molecule is CCOC(=O)CC1CCC2(CCCO2)CC1. The molecule has 0 amide bonds. The van der Waals surface area contributed by atoms with E-state index in [0.717, 1.165) is 32.3 Å². The van der Waals surface area contributed by atoms with Gasteiger partial charge in [0.2, 0.25) is 0 Å². The molecular weight excluding hydrogens is 204 g/mol. The van der Waals surface area contributed by atoms with E-state index in [1.807, 2.05) is 6.92 Å². The molecule has 3 nitrogen and oxygen atoms in total. The number of hydrogen-bond acceptors (Lipinski definition) is 3. The Hall–Kier alpha value is -0.570. The number of hydrogen-bond donors (Lipinski definition) is 0. The molecule has 1 aliphatic heterocycles. The van der Waals surface area contributed by atoms with Crippen molar-refractivity contribution >= 4 is 5.97 Å². The molecule has 1 saturated carbocycles. The topological polar surface area (TPSA) is 35.5 Å². The van der Waals surface area contributed by atoms with Gasteiger partial charge in [0.05, 0.1) is 12.2 Å². The summed E-state index contributed by atoms with van der Waals surface area (Å²) in [5.41, 5.74) is 0.186. The molecule has 16 heavy (non-hydrogen) atoms. The molecule has 3 heteroatoms. The van der Waals surface area contributed by atoms with Crippen LogP contribution >= 0.6 is 0 Å². The van der Waals surface area contributed by atoms with Crippen molar-refractivity contribution in [3.63, 3.8) is 0 Å². The van der Waals surface area contributed by atoms with E-state index >= 15 is 0 Å². The fourth-order valence-electron chi connectivity index (χ4n) is 3.01. The summed E-state index contributed by atoms with van der Waals surface area (Å²) in [6.07, 6.45) is 7.55. The molecule has 0 bridgehead atoms. The second kappa shape index (κ2) is 5.17. The van der Waals surface area contributed by atoms with Gasteiger partial charge in [0.1, 0.15) is 0 Å². The normalized spacial score (nSPS) is 34.2. The Labute approximate surface area is 97.5 Å². The first-order chi connectivity index (χ1) is 7.74. The number of ether oxygens (including phenoxy) is 2. The minimum absolute atomic E-state index is 0.0317. The van der Waals surface area contributed by atoms with E-state index < -0.39 is 0 Å². The van der Waals surface area contributed by atoms with E-state index in [1.165, 1.54) is 12.8 Å². The fourth-order valence-corrected chi connectivity index (χ4v) is 3.01. The van der Waals surface area contributed by atoms with Gasteiger partial charge in [-0.2, -0.15) is 0 Å². The minimum atomic E-state index is -0.0317. The monoisotopic (exact) mass is 226 g/mol. The predicted molar refractivity (Wildman–Crippen MR) is 61.1 cm³/mol. The lowest BCUT2D eigenvalue weighted by Crippen LogP contribution is -2.33. The number of carbonyl (C=O) groups is 1. The van der Waals surface area contributed by atoms with E-state index in [0.29, 0.717) is 18.9 Å². The molecule has 0 aromatic rings. The molecule has 1 saturated heterocycles. The van der Waals surface area contributed by atoms with Crippen LogP contribution in [-0.2, 0) is 14.3 Å². The fraction of sp³-hybridized carbons (Fsp3) is 0.923. The molecular formula is C13H22O3. The average molecular weight is 226 g/mol. The predicted octanol–water partition coefficient (Wildman–Crippen LogP) is 2.68. The molecule has 2 rings (SSSR count). The molecule has 0 aromatic carbocycles. The Kier molecular flexibility index (Phi) is 3.85. The standard InChI is InChI=1S/C13H22O3/c1-2-15-12(14)10-11-4-7-13(8-5-11)6-3-9-16-13/h11H,2-10H2,1H3. The molecule has 2 fully saturated rings. The molecule has 1 aliphatic carbocycles. The van der Waals surface area contributed by atoms with Crippen LogP contribution in [0.15, 0.2) is 0 Å². The smallest absolute Gasteiger partial charge is 0.306 e. The van der Waals surface area contributed by atoms with Gasteiger partial charge in [0.15, 0.2) is 0 Å². The summed E-state index contributed by atoms with van der Waals surface area (Å²) in [6.45, 7) is 3.29. The Morgan fingerprint density at radius 2 is 2.12 bits per heavy atom. The van der Waals surface area contributed by atoms with Gasteiger partial charge in [-0.05, 0) is 51.4 Å². The molecule has 1 heterocycles. The highest BCUT2D eigenvalue weighted by Gasteiger charge is 2.39. The number of rotatable bonds is 3. The lowest BCUT2D eigenvalue weighted by molar-refractivity contribution is -0.145. The molecule has 0 atom stereocenters. The van der Waals surface area contributed by atoms with Crippen LogP contribution in [0.1, 0.15) is 51.9 Å². The van der Waals surface area contributed by atoms with Crippen molar-refractivity contribution < 1.29 is 14.3 Å². The zero-order valence-electron chi connectivity index (χ0n) is 10.2. The quantitative estimate of drug-likeness (QED) is 0.694. The molecule has 0 aromatic heterocycles. The highest BCUT2D eigenvalue weighted by atomic mass is 16.5. The van der Waals surface area contributed by atoms with E-state index in [4.69, 9.17) is 9.47 Å². The van der Waals surface area contributed by atoms with E-state index in [1.54, 1.807) is 0 Å². The van der Waals surface area contributed by atoms with Crippen LogP contribution in [0.5, 0.6) is 0 Å². The lowest BCUT2D eigenvalue weighted by atomic mass is 9.76. The van der Waals surface area contributed by atoms with Gasteiger partial charge in [0.25, 0.3) is 0 Å². The zero-order valence-corrected chi connectivity index (χ0v) is 10.2. The van der Waals surface area contributed by atoms with Crippen molar-refractivity contribution in [2.24, 2.45) is 5.92 Å².